The molecule has 35 heavy (non-hydrogen) atoms. The molecule has 2 aromatic carbocycles. The lowest BCUT2D eigenvalue weighted by Gasteiger charge is -2.34. The molecule has 1 fully saturated rings. The number of carbonyl (C=O) groups is 1. The number of halogens is 6. The van der Waals surface area contributed by atoms with Gasteiger partial charge in [-0.15, -0.1) is 0 Å². The van der Waals surface area contributed by atoms with E-state index in [1.165, 1.54) is 5.56 Å². The standard InChI is InChI=1S/C24H26F6N2O3/c25-23(26,27)16-34-20-12-19(13-21(14-20)35-17-24(28,29)30)22(33)6-7-31-8-10-32(11-9-31)15-18-4-2-1-3-5-18/h1-5,12-14H,6-11,15-17H2. The summed E-state index contributed by atoms with van der Waals surface area (Å²) in [6.07, 6.45) is -9.23. The first-order chi connectivity index (χ1) is 16.5. The largest absolute Gasteiger partial charge is 0.484 e. The molecule has 192 valence electrons. The van der Waals surface area contributed by atoms with E-state index in [0.717, 1.165) is 50.9 Å². The van der Waals surface area contributed by atoms with E-state index in [4.69, 9.17) is 0 Å². The van der Waals surface area contributed by atoms with Gasteiger partial charge in [-0.2, -0.15) is 26.3 Å². The maximum Gasteiger partial charge on any atom is 0.422 e. The van der Waals surface area contributed by atoms with Crippen LogP contribution in [0, 0.1) is 0 Å². The Labute approximate surface area is 199 Å². The van der Waals surface area contributed by atoms with Crippen molar-refractivity contribution in [2.75, 3.05) is 45.9 Å². The fraction of sp³-hybridized carbons (Fsp3) is 0.458. The first-order valence-electron chi connectivity index (χ1n) is 11.0. The average molecular weight is 504 g/mol. The first kappa shape index (κ1) is 26.8. The van der Waals surface area contributed by atoms with Crippen LogP contribution in [-0.4, -0.2) is 73.9 Å². The van der Waals surface area contributed by atoms with Crippen LogP contribution < -0.4 is 9.47 Å². The fourth-order valence-electron chi connectivity index (χ4n) is 3.65. The zero-order valence-electron chi connectivity index (χ0n) is 18.9. The zero-order chi connectivity index (χ0) is 25.5. The predicted octanol–water partition coefficient (Wildman–Crippen LogP) is 4.96. The maximum absolute atomic E-state index is 12.7. The normalized spacial score (nSPS) is 15.7. The van der Waals surface area contributed by atoms with Crippen molar-refractivity contribution in [3.05, 3.63) is 59.7 Å². The van der Waals surface area contributed by atoms with Crippen LogP contribution in [0.3, 0.4) is 0 Å². The Kier molecular flexibility index (Phi) is 9.01. The minimum atomic E-state index is -4.64. The van der Waals surface area contributed by atoms with E-state index in [-0.39, 0.29) is 23.5 Å². The number of piperazine rings is 1. The molecule has 0 N–H and O–H groups in total. The molecule has 0 amide bonds. The van der Waals surface area contributed by atoms with Crippen molar-refractivity contribution in [2.45, 2.75) is 25.3 Å². The zero-order valence-corrected chi connectivity index (χ0v) is 18.9. The van der Waals surface area contributed by atoms with Gasteiger partial charge in [-0.25, -0.2) is 0 Å². The number of Topliss-reactive ketones (excluding diaryl/α,β-unsaturated/α-hetero) is 1. The van der Waals surface area contributed by atoms with Crippen LogP contribution in [0.5, 0.6) is 11.5 Å². The second-order valence-corrected chi connectivity index (χ2v) is 8.28. The third-order valence-corrected chi connectivity index (χ3v) is 5.38. The second kappa shape index (κ2) is 11.8. The van der Waals surface area contributed by atoms with Crippen molar-refractivity contribution >= 4 is 5.78 Å². The summed E-state index contributed by atoms with van der Waals surface area (Å²) >= 11 is 0. The Morgan fingerprint density at radius 2 is 1.29 bits per heavy atom. The van der Waals surface area contributed by atoms with Crippen molar-refractivity contribution in [1.82, 2.24) is 9.80 Å². The summed E-state index contributed by atoms with van der Waals surface area (Å²) in [5.74, 6) is -1.20. The lowest BCUT2D eigenvalue weighted by molar-refractivity contribution is -0.153. The summed E-state index contributed by atoms with van der Waals surface area (Å²) in [6, 6.07) is 13.1. The summed E-state index contributed by atoms with van der Waals surface area (Å²) in [7, 11) is 0. The molecule has 1 aliphatic rings. The summed E-state index contributed by atoms with van der Waals surface area (Å²) in [5, 5.41) is 0. The molecule has 0 saturated carbocycles. The van der Waals surface area contributed by atoms with Crippen LogP contribution in [0.1, 0.15) is 22.3 Å². The van der Waals surface area contributed by atoms with Gasteiger partial charge < -0.3 is 14.4 Å². The fourth-order valence-corrected chi connectivity index (χ4v) is 3.65. The first-order valence-corrected chi connectivity index (χ1v) is 11.0. The predicted molar refractivity (Wildman–Crippen MR) is 117 cm³/mol. The highest BCUT2D eigenvalue weighted by Crippen LogP contribution is 2.27. The molecule has 1 aliphatic heterocycles. The number of alkyl halides is 6. The number of ketones is 1. The van der Waals surface area contributed by atoms with Crippen LogP contribution in [0.15, 0.2) is 48.5 Å². The van der Waals surface area contributed by atoms with Gasteiger partial charge in [0.25, 0.3) is 0 Å². The van der Waals surface area contributed by atoms with Crippen LogP contribution >= 0.6 is 0 Å². The Bertz CT molecular complexity index is 922. The number of hydrogen-bond acceptors (Lipinski definition) is 5. The summed E-state index contributed by atoms with van der Waals surface area (Å²) in [4.78, 5) is 17.1. The van der Waals surface area contributed by atoms with Crippen LogP contribution in [0.25, 0.3) is 0 Å². The van der Waals surface area contributed by atoms with Crippen LogP contribution in [0.4, 0.5) is 26.3 Å². The molecule has 1 heterocycles. The molecule has 0 atom stereocenters. The number of ether oxygens (including phenoxy) is 2. The van der Waals surface area contributed by atoms with Gasteiger partial charge in [0, 0.05) is 57.3 Å². The minimum Gasteiger partial charge on any atom is -0.484 e. The summed E-state index contributed by atoms with van der Waals surface area (Å²) in [5.41, 5.74) is 1.15. The third-order valence-electron chi connectivity index (χ3n) is 5.38. The Hall–Kier alpha value is -2.79. The molecule has 0 aliphatic carbocycles. The molecular formula is C24H26F6N2O3. The lowest BCUT2D eigenvalue weighted by atomic mass is 10.1. The SMILES string of the molecule is O=C(CCN1CCN(Cc2ccccc2)CC1)c1cc(OCC(F)(F)F)cc(OCC(F)(F)F)c1. The van der Waals surface area contributed by atoms with E-state index >= 15 is 0 Å². The molecular weight excluding hydrogens is 478 g/mol. The van der Waals surface area contributed by atoms with Gasteiger partial charge in [0.15, 0.2) is 19.0 Å². The second-order valence-electron chi connectivity index (χ2n) is 8.28. The van der Waals surface area contributed by atoms with Gasteiger partial charge in [0.1, 0.15) is 11.5 Å². The van der Waals surface area contributed by atoms with Crippen molar-refractivity contribution < 1.29 is 40.6 Å². The van der Waals surface area contributed by atoms with E-state index in [0.29, 0.717) is 6.54 Å². The quantitative estimate of drug-likeness (QED) is 0.338. The molecule has 0 aromatic heterocycles. The number of nitrogens with zero attached hydrogens (tertiary/aromatic N) is 2. The molecule has 0 radical (unpaired) electrons. The number of rotatable bonds is 10. The highest BCUT2D eigenvalue weighted by atomic mass is 19.4. The molecule has 0 bridgehead atoms. The Morgan fingerprint density at radius 3 is 1.80 bits per heavy atom. The number of benzene rings is 2. The van der Waals surface area contributed by atoms with Gasteiger partial charge in [0.2, 0.25) is 0 Å². The van der Waals surface area contributed by atoms with Crippen molar-refractivity contribution in [3.8, 4) is 11.5 Å². The van der Waals surface area contributed by atoms with E-state index in [1.807, 2.05) is 18.2 Å². The lowest BCUT2D eigenvalue weighted by Crippen LogP contribution is -2.46. The molecule has 3 rings (SSSR count). The van der Waals surface area contributed by atoms with Gasteiger partial charge in [-0.1, -0.05) is 30.3 Å². The topological polar surface area (TPSA) is 42.0 Å². The van der Waals surface area contributed by atoms with Crippen molar-refractivity contribution in [1.29, 1.82) is 0 Å². The number of hydrogen-bond donors (Lipinski definition) is 0. The molecule has 11 heteroatoms. The van der Waals surface area contributed by atoms with Crippen molar-refractivity contribution in [3.63, 3.8) is 0 Å². The molecule has 0 spiro atoms. The Morgan fingerprint density at radius 1 is 0.771 bits per heavy atom. The van der Waals surface area contributed by atoms with E-state index in [9.17, 15) is 31.1 Å². The monoisotopic (exact) mass is 504 g/mol. The van der Waals surface area contributed by atoms with E-state index in [1.54, 1.807) is 0 Å². The summed E-state index contributed by atoms with van der Waals surface area (Å²) < 4.78 is 84.3. The number of carbonyl (C=O) groups excluding carboxylic acids is 1. The smallest absolute Gasteiger partial charge is 0.422 e. The van der Waals surface area contributed by atoms with Gasteiger partial charge in [-0.05, 0) is 17.7 Å². The third kappa shape index (κ3) is 9.77. The summed E-state index contributed by atoms with van der Waals surface area (Å²) in [6.45, 7) is 1.10. The van der Waals surface area contributed by atoms with Crippen LogP contribution in [-0.2, 0) is 6.54 Å². The average Bonchev–Trinajstić information content (AvgIpc) is 2.80. The molecule has 5 nitrogen and oxygen atoms in total. The highest BCUT2D eigenvalue weighted by molar-refractivity contribution is 5.97. The minimum absolute atomic E-state index is 0.0557. The van der Waals surface area contributed by atoms with E-state index < -0.39 is 31.3 Å². The molecule has 0 unspecified atom stereocenters. The van der Waals surface area contributed by atoms with Gasteiger partial charge in [0.05, 0.1) is 0 Å². The Balaban J connectivity index is 1.56. The molecule has 1 saturated heterocycles. The van der Waals surface area contributed by atoms with Crippen molar-refractivity contribution in [2.24, 2.45) is 0 Å². The maximum atomic E-state index is 12.7. The van der Waals surface area contributed by atoms with Gasteiger partial charge >= 0.3 is 12.4 Å². The van der Waals surface area contributed by atoms with Crippen LogP contribution in [0.2, 0.25) is 0 Å². The highest BCUT2D eigenvalue weighted by Gasteiger charge is 2.30. The van der Waals surface area contributed by atoms with E-state index in [2.05, 4.69) is 31.4 Å². The molecule has 2 aromatic rings. The van der Waals surface area contributed by atoms with Gasteiger partial charge in [-0.3, -0.25) is 9.69 Å².